The van der Waals surface area contributed by atoms with E-state index in [9.17, 15) is 13.2 Å². The zero-order valence-corrected chi connectivity index (χ0v) is 10.7. The fourth-order valence-electron chi connectivity index (χ4n) is 1.73. The molecule has 0 spiro atoms. The van der Waals surface area contributed by atoms with Gasteiger partial charge in [0, 0.05) is 12.1 Å². The van der Waals surface area contributed by atoms with Crippen LogP contribution in [0.4, 0.5) is 30.2 Å². The quantitative estimate of drug-likeness (QED) is 0.838. The topological polar surface area (TPSA) is 47.3 Å². The maximum Gasteiger partial charge on any atom is 0.152 e. The van der Waals surface area contributed by atoms with Gasteiger partial charge in [-0.05, 0) is 19.1 Å². The van der Waals surface area contributed by atoms with Crippen molar-refractivity contribution in [3.8, 4) is 5.75 Å². The van der Waals surface area contributed by atoms with E-state index < -0.39 is 23.1 Å². The average molecular weight is 282 g/mol. The van der Waals surface area contributed by atoms with Gasteiger partial charge in [-0.25, -0.2) is 13.2 Å². The zero-order valence-electron chi connectivity index (χ0n) is 10.7. The van der Waals surface area contributed by atoms with E-state index in [-0.39, 0.29) is 11.4 Å². The number of anilines is 3. The molecule has 0 amide bonds. The Morgan fingerprint density at radius 1 is 1.15 bits per heavy atom. The van der Waals surface area contributed by atoms with Crippen molar-refractivity contribution >= 4 is 17.1 Å². The number of nitrogen functional groups attached to an aromatic ring is 1. The molecule has 0 atom stereocenters. The Kier molecular flexibility index (Phi) is 4.02. The molecule has 0 aliphatic carbocycles. The molecule has 0 heterocycles. The molecule has 2 aromatic rings. The Bertz CT molecular complexity index is 609. The molecule has 0 saturated carbocycles. The molecule has 0 saturated heterocycles. The van der Waals surface area contributed by atoms with Gasteiger partial charge in [-0.15, -0.1) is 0 Å². The lowest BCUT2D eigenvalue weighted by Crippen LogP contribution is -2.03. The van der Waals surface area contributed by atoms with Crippen LogP contribution in [-0.2, 0) is 0 Å². The number of rotatable bonds is 4. The molecule has 20 heavy (non-hydrogen) atoms. The molecule has 106 valence electrons. The number of halogens is 3. The number of benzene rings is 2. The molecule has 0 bridgehead atoms. The summed E-state index contributed by atoms with van der Waals surface area (Å²) in [6.07, 6.45) is 0. The maximum absolute atomic E-state index is 13.6. The molecule has 0 fully saturated rings. The van der Waals surface area contributed by atoms with Crippen LogP contribution in [0.1, 0.15) is 6.92 Å². The minimum Gasteiger partial charge on any atom is -0.492 e. The second kappa shape index (κ2) is 5.73. The van der Waals surface area contributed by atoms with Gasteiger partial charge >= 0.3 is 0 Å². The summed E-state index contributed by atoms with van der Waals surface area (Å²) in [6.45, 7) is 2.20. The summed E-state index contributed by atoms with van der Waals surface area (Å²) in [5.74, 6) is -2.66. The highest BCUT2D eigenvalue weighted by atomic mass is 19.1. The largest absolute Gasteiger partial charge is 0.492 e. The van der Waals surface area contributed by atoms with Crippen molar-refractivity contribution in [2.45, 2.75) is 6.92 Å². The first-order valence-electron chi connectivity index (χ1n) is 5.95. The van der Waals surface area contributed by atoms with Crippen LogP contribution in [0.2, 0.25) is 0 Å². The van der Waals surface area contributed by atoms with Crippen LogP contribution < -0.4 is 15.8 Å². The fraction of sp³-hybridized carbons (Fsp3) is 0.143. The first kappa shape index (κ1) is 14.0. The van der Waals surface area contributed by atoms with Gasteiger partial charge in [-0.2, -0.15) is 0 Å². The number of nitrogens with one attached hydrogen (secondary N) is 1. The molecular formula is C14H13F3N2O. The molecule has 0 radical (unpaired) electrons. The predicted octanol–water partition coefficient (Wildman–Crippen LogP) is 3.83. The van der Waals surface area contributed by atoms with Gasteiger partial charge in [0.15, 0.2) is 11.6 Å². The van der Waals surface area contributed by atoms with Gasteiger partial charge < -0.3 is 15.8 Å². The molecule has 0 aliphatic rings. The highest BCUT2D eigenvalue weighted by Crippen LogP contribution is 2.33. The summed E-state index contributed by atoms with van der Waals surface area (Å²) in [5, 5.41) is 2.51. The molecule has 3 N–H and O–H groups in total. The number of hydrogen-bond donors (Lipinski definition) is 2. The van der Waals surface area contributed by atoms with E-state index in [1.165, 1.54) is 0 Å². The van der Waals surface area contributed by atoms with Gasteiger partial charge in [0.25, 0.3) is 0 Å². The van der Waals surface area contributed by atoms with Crippen LogP contribution in [0.5, 0.6) is 5.75 Å². The van der Waals surface area contributed by atoms with Crippen molar-refractivity contribution in [2.24, 2.45) is 0 Å². The Balaban J connectivity index is 2.38. The van der Waals surface area contributed by atoms with Crippen molar-refractivity contribution in [1.82, 2.24) is 0 Å². The highest BCUT2D eigenvalue weighted by Gasteiger charge is 2.14. The summed E-state index contributed by atoms with van der Waals surface area (Å²) in [6, 6.07) is 5.99. The molecule has 6 heteroatoms. The third-order valence-corrected chi connectivity index (χ3v) is 2.63. The van der Waals surface area contributed by atoms with E-state index in [0.29, 0.717) is 24.5 Å². The van der Waals surface area contributed by atoms with Gasteiger partial charge in [0.1, 0.15) is 17.3 Å². The van der Waals surface area contributed by atoms with Crippen molar-refractivity contribution < 1.29 is 17.9 Å². The number of para-hydroxylation sites is 1. The van der Waals surface area contributed by atoms with E-state index in [4.69, 9.17) is 10.5 Å². The molecule has 0 aliphatic heterocycles. The summed E-state index contributed by atoms with van der Waals surface area (Å²) in [5.41, 5.74) is 5.87. The third-order valence-electron chi connectivity index (χ3n) is 2.63. The SMILES string of the molecule is CCOc1cccc(Nc2c(F)cc(F)cc2F)c1N. The normalized spacial score (nSPS) is 10.4. The van der Waals surface area contributed by atoms with Crippen LogP contribution in [-0.4, -0.2) is 6.61 Å². The van der Waals surface area contributed by atoms with E-state index in [1.54, 1.807) is 25.1 Å². The summed E-state index contributed by atoms with van der Waals surface area (Å²) < 4.78 is 45.2. The van der Waals surface area contributed by atoms with Gasteiger partial charge in [0.05, 0.1) is 18.0 Å². The van der Waals surface area contributed by atoms with Crippen molar-refractivity contribution in [2.75, 3.05) is 17.7 Å². The second-order valence-corrected chi connectivity index (χ2v) is 4.02. The van der Waals surface area contributed by atoms with Gasteiger partial charge in [-0.1, -0.05) is 6.07 Å². The lowest BCUT2D eigenvalue weighted by atomic mass is 10.2. The Morgan fingerprint density at radius 3 is 2.40 bits per heavy atom. The minimum atomic E-state index is -1.04. The van der Waals surface area contributed by atoms with Gasteiger partial charge in [0.2, 0.25) is 0 Å². The lowest BCUT2D eigenvalue weighted by molar-refractivity contribution is 0.342. The smallest absolute Gasteiger partial charge is 0.152 e. The van der Waals surface area contributed by atoms with Crippen molar-refractivity contribution in [3.63, 3.8) is 0 Å². The number of hydrogen-bond acceptors (Lipinski definition) is 3. The molecule has 0 unspecified atom stereocenters. The monoisotopic (exact) mass is 282 g/mol. The first-order valence-corrected chi connectivity index (χ1v) is 5.95. The van der Waals surface area contributed by atoms with Crippen LogP contribution in [0.3, 0.4) is 0 Å². The van der Waals surface area contributed by atoms with E-state index in [0.717, 1.165) is 0 Å². The Labute approximate surface area is 114 Å². The van der Waals surface area contributed by atoms with Crippen LogP contribution in [0.25, 0.3) is 0 Å². The summed E-state index contributed by atoms with van der Waals surface area (Å²) in [4.78, 5) is 0. The lowest BCUT2D eigenvalue weighted by Gasteiger charge is -2.14. The summed E-state index contributed by atoms with van der Waals surface area (Å²) in [7, 11) is 0. The Morgan fingerprint density at radius 2 is 1.80 bits per heavy atom. The van der Waals surface area contributed by atoms with Crippen molar-refractivity contribution in [1.29, 1.82) is 0 Å². The zero-order chi connectivity index (χ0) is 14.7. The summed E-state index contributed by atoms with van der Waals surface area (Å²) >= 11 is 0. The molecule has 0 aromatic heterocycles. The van der Waals surface area contributed by atoms with Gasteiger partial charge in [-0.3, -0.25) is 0 Å². The standard InChI is InChI=1S/C14H13F3N2O/c1-2-20-12-5-3-4-11(13(12)18)19-14-9(16)6-8(15)7-10(14)17/h3-7,19H,2,18H2,1H3. The van der Waals surface area contributed by atoms with Crippen LogP contribution in [0.15, 0.2) is 30.3 Å². The van der Waals surface area contributed by atoms with Crippen molar-refractivity contribution in [3.05, 3.63) is 47.8 Å². The maximum atomic E-state index is 13.6. The fourth-order valence-corrected chi connectivity index (χ4v) is 1.73. The third kappa shape index (κ3) is 2.79. The average Bonchev–Trinajstić information content (AvgIpc) is 2.38. The number of ether oxygens (including phenoxy) is 1. The molecular weight excluding hydrogens is 269 g/mol. The molecule has 2 rings (SSSR count). The Hall–Kier alpha value is -2.37. The highest BCUT2D eigenvalue weighted by molar-refractivity contribution is 5.77. The van der Waals surface area contributed by atoms with Crippen LogP contribution in [0, 0.1) is 17.5 Å². The second-order valence-electron chi connectivity index (χ2n) is 4.02. The minimum absolute atomic E-state index is 0.220. The number of nitrogens with two attached hydrogens (primary N) is 1. The van der Waals surface area contributed by atoms with E-state index >= 15 is 0 Å². The molecule has 2 aromatic carbocycles. The van der Waals surface area contributed by atoms with E-state index in [2.05, 4.69) is 5.32 Å². The molecule has 3 nitrogen and oxygen atoms in total. The predicted molar refractivity (Wildman–Crippen MR) is 71.6 cm³/mol. The first-order chi connectivity index (χ1) is 9.52. The van der Waals surface area contributed by atoms with Crippen LogP contribution >= 0.6 is 0 Å². The van der Waals surface area contributed by atoms with E-state index in [1.807, 2.05) is 0 Å².